The van der Waals surface area contributed by atoms with Crippen LogP contribution in [0.1, 0.15) is 36.9 Å². The van der Waals surface area contributed by atoms with Crippen molar-refractivity contribution in [1.82, 2.24) is 4.98 Å². The summed E-state index contributed by atoms with van der Waals surface area (Å²) in [5.41, 5.74) is 3.74. The number of nitrogens with zero attached hydrogens (tertiary/aromatic N) is 1. The summed E-state index contributed by atoms with van der Waals surface area (Å²) in [6, 6.07) is 8.55. The lowest BCUT2D eigenvalue weighted by molar-refractivity contribution is 0.569. The van der Waals surface area contributed by atoms with E-state index in [1.807, 2.05) is 0 Å². The zero-order valence-corrected chi connectivity index (χ0v) is 13.0. The van der Waals surface area contributed by atoms with Crippen molar-refractivity contribution in [2.45, 2.75) is 38.9 Å². The fourth-order valence-electron chi connectivity index (χ4n) is 1.86. The molecule has 0 N–H and O–H groups in total. The van der Waals surface area contributed by atoms with Gasteiger partial charge in [-0.2, -0.15) is 12.6 Å². The smallest absolute Gasteiger partial charge is 0.123 e. The molecule has 1 aromatic carbocycles. The molecule has 1 nitrogen and oxygen atoms in total. The van der Waals surface area contributed by atoms with Crippen LogP contribution in [0.3, 0.4) is 0 Å². The summed E-state index contributed by atoms with van der Waals surface area (Å²) in [7, 11) is 0. The topological polar surface area (TPSA) is 12.9 Å². The number of thiazole rings is 1. The molecule has 1 aromatic heterocycles. The second kappa shape index (κ2) is 5.06. The molecule has 0 radical (unpaired) electrons. The molecular weight excluding hydrogens is 258 g/mol. The fraction of sp³-hybridized carbons (Fsp3) is 0.400. The normalized spacial score (nSPS) is 11.8. The van der Waals surface area contributed by atoms with Crippen molar-refractivity contribution >= 4 is 24.0 Å². The highest BCUT2D eigenvalue weighted by atomic mass is 32.1. The fourth-order valence-corrected chi connectivity index (χ4v) is 3.35. The Balaban J connectivity index is 2.47. The van der Waals surface area contributed by atoms with E-state index in [0.29, 0.717) is 0 Å². The predicted octanol–water partition coefficient (Wildman–Crippen LogP) is 4.85. The first-order valence-electron chi connectivity index (χ1n) is 6.10. The van der Waals surface area contributed by atoms with Gasteiger partial charge >= 0.3 is 0 Å². The Kier molecular flexibility index (Phi) is 3.83. The molecule has 0 amide bonds. The van der Waals surface area contributed by atoms with Gasteiger partial charge < -0.3 is 0 Å². The number of aryl methyl sites for hydroxylation is 1. The van der Waals surface area contributed by atoms with Crippen LogP contribution in [0.25, 0.3) is 10.6 Å². The lowest BCUT2D eigenvalue weighted by Crippen LogP contribution is -2.13. The van der Waals surface area contributed by atoms with Crippen molar-refractivity contribution in [3.05, 3.63) is 40.4 Å². The lowest BCUT2D eigenvalue weighted by Gasteiger charge is -2.16. The van der Waals surface area contributed by atoms with E-state index in [9.17, 15) is 0 Å². The van der Waals surface area contributed by atoms with Gasteiger partial charge in [-0.1, -0.05) is 50.6 Å². The van der Waals surface area contributed by atoms with Crippen LogP contribution in [0.4, 0.5) is 0 Å². The minimum Gasteiger partial charge on any atom is -0.240 e. The number of hydrogen-bond donors (Lipinski definition) is 1. The van der Waals surface area contributed by atoms with Gasteiger partial charge in [0.15, 0.2) is 0 Å². The van der Waals surface area contributed by atoms with Gasteiger partial charge in [0, 0.05) is 21.6 Å². The van der Waals surface area contributed by atoms with Crippen LogP contribution in [0.5, 0.6) is 0 Å². The zero-order chi connectivity index (χ0) is 13.3. The monoisotopic (exact) mass is 277 g/mol. The highest BCUT2D eigenvalue weighted by molar-refractivity contribution is 7.79. The molecule has 0 saturated heterocycles. The van der Waals surface area contributed by atoms with Gasteiger partial charge in [0.2, 0.25) is 0 Å². The maximum Gasteiger partial charge on any atom is 0.123 e. The van der Waals surface area contributed by atoms with Gasteiger partial charge in [0.05, 0.1) is 5.69 Å². The Morgan fingerprint density at radius 3 is 2.22 bits per heavy atom. The average molecular weight is 277 g/mol. The van der Waals surface area contributed by atoms with Crippen LogP contribution in [0.2, 0.25) is 0 Å². The Labute approximate surface area is 119 Å². The van der Waals surface area contributed by atoms with Crippen LogP contribution in [-0.2, 0) is 11.2 Å². The number of benzene rings is 1. The van der Waals surface area contributed by atoms with Crippen LogP contribution < -0.4 is 0 Å². The van der Waals surface area contributed by atoms with Crippen molar-refractivity contribution in [2.24, 2.45) is 0 Å². The summed E-state index contributed by atoms with van der Waals surface area (Å²) < 4.78 is 0. The van der Waals surface area contributed by atoms with E-state index in [0.717, 1.165) is 10.8 Å². The van der Waals surface area contributed by atoms with E-state index in [-0.39, 0.29) is 5.41 Å². The van der Waals surface area contributed by atoms with Gasteiger partial charge in [-0.3, -0.25) is 0 Å². The van der Waals surface area contributed by atoms with Crippen LogP contribution >= 0.6 is 24.0 Å². The molecule has 0 fully saturated rings. The molecule has 18 heavy (non-hydrogen) atoms. The average Bonchev–Trinajstić information content (AvgIpc) is 2.73. The molecule has 2 rings (SSSR count). The van der Waals surface area contributed by atoms with Crippen molar-refractivity contribution in [3.8, 4) is 10.6 Å². The number of thiol groups is 1. The predicted molar refractivity (Wildman–Crippen MR) is 83.7 cm³/mol. The summed E-state index contributed by atoms with van der Waals surface area (Å²) in [5, 5.41) is 1.10. The van der Waals surface area contributed by atoms with E-state index in [1.165, 1.54) is 21.7 Å². The molecule has 0 unspecified atom stereocenters. The second-order valence-corrected chi connectivity index (χ2v) is 6.96. The van der Waals surface area contributed by atoms with E-state index in [2.05, 4.69) is 64.6 Å². The molecule has 0 aliphatic heterocycles. The van der Waals surface area contributed by atoms with Crippen molar-refractivity contribution in [3.63, 3.8) is 0 Å². The second-order valence-electron chi connectivity index (χ2n) is 5.56. The van der Waals surface area contributed by atoms with Crippen LogP contribution in [0, 0.1) is 6.92 Å². The van der Waals surface area contributed by atoms with E-state index in [4.69, 9.17) is 4.98 Å². The lowest BCUT2D eigenvalue weighted by atomic mass is 9.91. The maximum atomic E-state index is 4.82. The summed E-state index contributed by atoms with van der Waals surface area (Å²) in [6.07, 6.45) is 0. The first kappa shape index (κ1) is 13.6. The Bertz CT molecular complexity index is 533. The molecule has 1 heterocycles. The molecule has 0 atom stereocenters. The van der Waals surface area contributed by atoms with Gasteiger partial charge in [-0.05, 0) is 6.92 Å². The summed E-state index contributed by atoms with van der Waals surface area (Å²) >= 11 is 6.18. The van der Waals surface area contributed by atoms with Crippen molar-refractivity contribution in [2.75, 3.05) is 0 Å². The third kappa shape index (κ3) is 2.78. The third-order valence-electron chi connectivity index (χ3n) is 2.85. The van der Waals surface area contributed by atoms with E-state index in [1.54, 1.807) is 11.3 Å². The largest absolute Gasteiger partial charge is 0.240 e. The van der Waals surface area contributed by atoms with Crippen molar-refractivity contribution in [1.29, 1.82) is 0 Å². The summed E-state index contributed by atoms with van der Waals surface area (Å²) in [4.78, 5) is 6.10. The van der Waals surface area contributed by atoms with Crippen LogP contribution in [0.15, 0.2) is 24.3 Å². The number of rotatable bonds is 2. The molecule has 96 valence electrons. The summed E-state index contributed by atoms with van der Waals surface area (Å²) in [6.45, 7) is 8.71. The van der Waals surface area contributed by atoms with E-state index < -0.39 is 0 Å². The Morgan fingerprint density at radius 2 is 1.78 bits per heavy atom. The highest BCUT2D eigenvalue weighted by Crippen LogP contribution is 2.35. The molecule has 0 aliphatic rings. The minimum atomic E-state index is 0.0809. The minimum absolute atomic E-state index is 0.0809. The molecule has 0 saturated carbocycles. The molecule has 0 bridgehead atoms. The molecule has 0 aliphatic carbocycles. The first-order chi connectivity index (χ1) is 8.41. The van der Waals surface area contributed by atoms with Gasteiger partial charge in [0.1, 0.15) is 5.01 Å². The maximum absolute atomic E-state index is 4.82. The van der Waals surface area contributed by atoms with Gasteiger partial charge in [-0.25, -0.2) is 4.98 Å². The Hall–Kier alpha value is -0.800. The molecule has 2 aromatic rings. The van der Waals surface area contributed by atoms with Gasteiger partial charge in [-0.15, -0.1) is 11.3 Å². The molecule has 0 spiro atoms. The first-order valence-corrected chi connectivity index (χ1v) is 7.55. The zero-order valence-electron chi connectivity index (χ0n) is 11.3. The van der Waals surface area contributed by atoms with Crippen LogP contribution in [-0.4, -0.2) is 4.98 Å². The SMILES string of the molecule is Cc1ccc(-c2nc(C(C)(C)C)c(CS)s2)cc1. The van der Waals surface area contributed by atoms with Crippen molar-refractivity contribution < 1.29 is 0 Å². The summed E-state index contributed by atoms with van der Waals surface area (Å²) in [5.74, 6) is 0.760. The highest BCUT2D eigenvalue weighted by Gasteiger charge is 2.22. The Morgan fingerprint density at radius 1 is 1.17 bits per heavy atom. The van der Waals surface area contributed by atoms with E-state index >= 15 is 0 Å². The molecular formula is C15H19NS2. The number of hydrogen-bond acceptors (Lipinski definition) is 3. The quantitative estimate of drug-likeness (QED) is 0.775. The number of aromatic nitrogens is 1. The molecule has 3 heteroatoms. The standard InChI is InChI=1S/C15H19NS2/c1-10-5-7-11(8-6-10)14-16-13(15(2,3)4)12(9-17)18-14/h5-8,17H,9H2,1-4H3. The third-order valence-corrected chi connectivity index (χ3v) is 4.48. The van der Waals surface area contributed by atoms with Gasteiger partial charge in [0.25, 0.3) is 0 Å².